The molecule has 0 spiro atoms. The van der Waals surface area contributed by atoms with E-state index in [0.717, 1.165) is 12.8 Å². The number of carboxylic acids is 1. The van der Waals surface area contributed by atoms with Gasteiger partial charge >= 0.3 is 35.5 Å². The molecule has 70 valence electrons. The van der Waals surface area contributed by atoms with Crippen LogP contribution in [0.2, 0.25) is 0 Å². The van der Waals surface area contributed by atoms with Gasteiger partial charge < -0.3 is 5.11 Å². The molecule has 0 radical (unpaired) electrons. The van der Waals surface area contributed by atoms with Crippen LogP contribution < -0.4 is 0 Å². The van der Waals surface area contributed by atoms with Crippen molar-refractivity contribution in [2.75, 3.05) is 0 Å². The average Bonchev–Trinajstić information content (AvgIpc) is 1.87. The Morgan fingerprint density at radius 3 is 2.08 bits per heavy atom. The number of carbonyl (C=O) groups is 1. The molecule has 0 aromatic heterocycles. The van der Waals surface area contributed by atoms with Crippen molar-refractivity contribution in [3.8, 4) is 0 Å². The first kappa shape index (κ1) is 18.5. The van der Waals surface area contributed by atoms with Crippen LogP contribution in [0.5, 0.6) is 0 Å². The molecule has 0 amide bonds. The zero-order valence-electron chi connectivity index (χ0n) is 7.01. The number of unbranched alkanes of at least 4 members (excludes halogenated alkanes) is 4. The van der Waals surface area contributed by atoms with Crippen molar-refractivity contribution < 1.29 is 9.90 Å². The minimum absolute atomic E-state index is 0. The predicted octanol–water partition coefficient (Wildman–Crippen LogP) is 2.20. The summed E-state index contributed by atoms with van der Waals surface area (Å²) >= 11 is 0. The van der Waals surface area contributed by atoms with E-state index in [1.807, 2.05) is 0 Å². The van der Waals surface area contributed by atoms with Crippen molar-refractivity contribution in [2.24, 2.45) is 0 Å². The molecule has 0 bridgehead atoms. The predicted molar refractivity (Wildman–Crippen MR) is 55.4 cm³/mol. The van der Waals surface area contributed by atoms with Crippen molar-refractivity contribution in [2.45, 2.75) is 45.4 Å². The van der Waals surface area contributed by atoms with E-state index in [2.05, 4.69) is 6.92 Å². The van der Waals surface area contributed by atoms with Crippen molar-refractivity contribution in [3.05, 3.63) is 0 Å². The van der Waals surface area contributed by atoms with E-state index in [4.69, 9.17) is 5.11 Å². The van der Waals surface area contributed by atoms with Gasteiger partial charge in [-0.05, 0) is 6.42 Å². The third-order valence-electron chi connectivity index (χ3n) is 1.49. The maximum atomic E-state index is 10.0. The SMILES string of the molecule is CCCCCCCC(=O)O.Cl.[NaH]. The summed E-state index contributed by atoms with van der Waals surface area (Å²) in [5.41, 5.74) is 0. The van der Waals surface area contributed by atoms with Gasteiger partial charge in [-0.1, -0.05) is 32.6 Å². The molecule has 0 atom stereocenters. The minimum atomic E-state index is -0.670. The van der Waals surface area contributed by atoms with Crippen molar-refractivity contribution in [1.82, 2.24) is 0 Å². The Hall–Kier alpha value is 0.760. The van der Waals surface area contributed by atoms with Gasteiger partial charge in [0.2, 0.25) is 0 Å². The average molecular weight is 205 g/mol. The summed E-state index contributed by atoms with van der Waals surface area (Å²) in [6.45, 7) is 2.15. The van der Waals surface area contributed by atoms with Gasteiger partial charge in [0.1, 0.15) is 0 Å². The van der Waals surface area contributed by atoms with Crippen LogP contribution in [-0.2, 0) is 4.79 Å². The van der Waals surface area contributed by atoms with Gasteiger partial charge in [0, 0.05) is 6.42 Å². The first-order chi connectivity index (χ1) is 4.77. The molecule has 0 aliphatic carbocycles. The number of aliphatic carboxylic acids is 1. The number of hydrogen-bond acceptors (Lipinski definition) is 1. The third-order valence-corrected chi connectivity index (χ3v) is 1.49. The Morgan fingerprint density at radius 1 is 1.17 bits per heavy atom. The van der Waals surface area contributed by atoms with Gasteiger partial charge in [0.15, 0.2) is 0 Å². The van der Waals surface area contributed by atoms with Gasteiger partial charge in [-0.25, -0.2) is 0 Å². The molecule has 0 rings (SSSR count). The van der Waals surface area contributed by atoms with E-state index in [0.29, 0.717) is 6.42 Å². The molecule has 0 aromatic rings. The van der Waals surface area contributed by atoms with Gasteiger partial charge in [0.05, 0.1) is 0 Å². The van der Waals surface area contributed by atoms with Gasteiger partial charge in [-0.15, -0.1) is 12.4 Å². The molecule has 1 N–H and O–H groups in total. The molecule has 0 heterocycles. The van der Waals surface area contributed by atoms with E-state index < -0.39 is 5.97 Å². The zero-order valence-corrected chi connectivity index (χ0v) is 7.82. The second-order valence-corrected chi connectivity index (χ2v) is 2.56. The van der Waals surface area contributed by atoms with E-state index >= 15 is 0 Å². The quantitative estimate of drug-likeness (QED) is 0.532. The normalized spacial score (nSPS) is 8.08. The summed E-state index contributed by atoms with van der Waals surface area (Å²) in [6, 6.07) is 0. The molecule has 0 aliphatic heterocycles. The Morgan fingerprint density at radius 2 is 1.67 bits per heavy atom. The Bertz CT molecular complexity index is 99.1. The van der Waals surface area contributed by atoms with Crippen LogP contribution in [0.4, 0.5) is 0 Å². The van der Waals surface area contributed by atoms with Crippen LogP contribution in [0.1, 0.15) is 45.4 Å². The standard InChI is InChI=1S/C8H16O2.ClH.Na.H/c1-2-3-4-5-6-7-8(9)10;;;/h2-7H2,1H3,(H,9,10);1H;;. The summed E-state index contributed by atoms with van der Waals surface area (Å²) < 4.78 is 0. The fraction of sp³-hybridized carbons (Fsp3) is 0.875. The maximum absolute atomic E-state index is 10.0. The first-order valence-electron chi connectivity index (χ1n) is 3.99. The summed E-state index contributed by atoms with van der Waals surface area (Å²) in [5, 5.41) is 8.27. The van der Waals surface area contributed by atoms with Crippen LogP contribution in [0.3, 0.4) is 0 Å². The Kier molecular flexibility index (Phi) is 22.1. The monoisotopic (exact) mass is 204 g/mol. The third kappa shape index (κ3) is 17.0. The van der Waals surface area contributed by atoms with Crippen molar-refractivity contribution in [1.29, 1.82) is 0 Å². The molecule has 4 heteroatoms. The van der Waals surface area contributed by atoms with E-state index in [-0.39, 0.29) is 42.0 Å². The molecule has 0 aliphatic rings. The van der Waals surface area contributed by atoms with Gasteiger partial charge in [-0.3, -0.25) is 4.79 Å². The molecule has 0 saturated heterocycles. The number of rotatable bonds is 6. The molecule has 2 nitrogen and oxygen atoms in total. The van der Waals surface area contributed by atoms with Gasteiger partial charge in [-0.2, -0.15) is 0 Å². The molecule has 0 unspecified atom stereocenters. The van der Waals surface area contributed by atoms with Crippen LogP contribution in [-0.4, -0.2) is 40.6 Å². The van der Waals surface area contributed by atoms with Gasteiger partial charge in [0.25, 0.3) is 0 Å². The first-order valence-corrected chi connectivity index (χ1v) is 3.99. The number of halogens is 1. The fourth-order valence-corrected chi connectivity index (χ4v) is 0.880. The van der Waals surface area contributed by atoms with E-state index in [9.17, 15) is 4.79 Å². The molecule has 0 fully saturated rings. The zero-order chi connectivity index (χ0) is 7.82. The van der Waals surface area contributed by atoms with Crippen LogP contribution in [0.15, 0.2) is 0 Å². The van der Waals surface area contributed by atoms with Crippen molar-refractivity contribution >= 4 is 47.9 Å². The van der Waals surface area contributed by atoms with Crippen molar-refractivity contribution in [3.63, 3.8) is 0 Å². The molecular formula is C8H18ClNaO2. The summed E-state index contributed by atoms with van der Waals surface area (Å²) in [4.78, 5) is 10.0. The number of hydrogen-bond donors (Lipinski definition) is 1. The summed E-state index contributed by atoms with van der Waals surface area (Å²) in [6.07, 6.45) is 5.88. The second-order valence-electron chi connectivity index (χ2n) is 2.56. The molecule has 0 saturated carbocycles. The Balaban J connectivity index is -0.000000405. The Labute approximate surface area is 103 Å². The molecule has 0 aromatic carbocycles. The van der Waals surface area contributed by atoms with E-state index in [1.54, 1.807) is 0 Å². The topological polar surface area (TPSA) is 37.3 Å². The molecule has 12 heavy (non-hydrogen) atoms. The molecular weight excluding hydrogens is 187 g/mol. The second kappa shape index (κ2) is 14.3. The van der Waals surface area contributed by atoms with Crippen LogP contribution in [0.25, 0.3) is 0 Å². The van der Waals surface area contributed by atoms with Crippen LogP contribution in [0, 0.1) is 0 Å². The number of carboxylic acid groups (broad SMARTS) is 1. The fourth-order valence-electron chi connectivity index (χ4n) is 0.880. The summed E-state index contributed by atoms with van der Waals surface area (Å²) in [7, 11) is 0. The summed E-state index contributed by atoms with van der Waals surface area (Å²) in [5.74, 6) is -0.670. The van der Waals surface area contributed by atoms with Crippen LogP contribution >= 0.6 is 12.4 Å². The van der Waals surface area contributed by atoms with E-state index in [1.165, 1.54) is 19.3 Å².